The van der Waals surface area contributed by atoms with Crippen LogP contribution < -0.4 is 0 Å². The lowest BCUT2D eigenvalue weighted by Crippen LogP contribution is -2.48. The van der Waals surface area contributed by atoms with Gasteiger partial charge in [-0.1, -0.05) is 51.4 Å². The van der Waals surface area contributed by atoms with Gasteiger partial charge in [-0.15, -0.1) is 0 Å². The minimum absolute atomic E-state index is 0.00574. The number of aliphatic hydroxyl groups is 4. The summed E-state index contributed by atoms with van der Waals surface area (Å²) in [5.74, 6) is 0.265. The van der Waals surface area contributed by atoms with Crippen molar-refractivity contribution in [2.45, 2.75) is 189 Å². The highest BCUT2D eigenvalue weighted by molar-refractivity contribution is 5.14. The van der Waals surface area contributed by atoms with Crippen molar-refractivity contribution in [1.82, 2.24) is 0 Å². The van der Waals surface area contributed by atoms with E-state index >= 15 is 0 Å². The van der Waals surface area contributed by atoms with Gasteiger partial charge >= 0.3 is 0 Å². The number of hydrogen-bond acceptors (Lipinski definition) is 20. The highest BCUT2D eigenvalue weighted by Gasteiger charge is 2.65. The number of unbranched alkanes of at least 4 members (excludes halogenated alkanes) is 12. The molecular weight excluding hydrogens is 1020 g/mol. The lowest BCUT2D eigenvalue weighted by atomic mass is 9.77. The van der Waals surface area contributed by atoms with Crippen LogP contribution in [0.2, 0.25) is 0 Å². The molecule has 0 aromatic heterocycles. The van der Waals surface area contributed by atoms with Gasteiger partial charge < -0.3 is 96.2 Å². The van der Waals surface area contributed by atoms with Crippen molar-refractivity contribution in [3.8, 4) is 0 Å². The fraction of sp³-hybridized carbons (Fsp3) is 1.00. The molecule has 0 aromatic rings. The molecule has 16 unspecified atom stereocenters. The molecule has 20 heteroatoms. The lowest BCUT2D eigenvalue weighted by Gasteiger charge is -2.40. The molecule has 4 saturated heterocycles. The van der Waals surface area contributed by atoms with Crippen LogP contribution in [0.15, 0.2) is 0 Å². The molecule has 7 fully saturated rings. The zero-order valence-corrected chi connectivity index (χ0v) is 47.3. The van der Waals surface area contributed by atoms with Crippen LogP contribution in [-0.4, -0.2) is 252 Å². The third-order valence-electron chi connectivity index (χ3n) is 15.8. The molecule has 4 aliphatic heterocycles. The number of aliphatic hydroxyl groups excluding tert-OH is 4. The van der Waals surface area contributed by atoms with Crippen LogP contribution in [0.5, 0.6) is 0 Å². The van der Waals surface area contributed by atoms with Crippen LogP contribution in [0.25, 0.3) is 0 Å². The monoisotopic (exact) mass is 1120 g/mol. The molecule has 0 aromatic carbocycles. The van der Waals surface area contributed by atoms with Gasteiger partial charge in [-0.2, -0.15) is 0 Å². The Labute approximate surface area is 465 Å². The topological polar surface area (TPSA) is 242 Å². The highest BCUT2D eigenvalue weighted by atomic mass is 16.6. The maximum absolute atomic E-state index is 11.2. The van der Waals surface area contributed by atoms with Gasteiger partial charge in [-0.3, -0.25) is 0 Å². The fourth-order valence-electron chi connectivity index (χ4n) is 11.3. The molecular formula is C58H104O20. The van der Waals surface area contributed by atoms with Crippen LogP contribution in [0.4, 0.5) is 0 Å². The van der Waals surface area contributed by atoms with E-state index in [-0.39, 0.29) is 101 Å². The van der Waals surface area contributed by atoms with Crippen molar-refractivity contribution in [2.24, 2.45) is 23.7 Å². The predicted octanol–water partition coefficient (Wildman–Crippen LogP) is 4.23. The normalized spacial score (nSPS) is 30.0. The summed E-state index contributed by atoms with van der Waals surface area (Å²) < 4.78 is 93.5. The van der Waals surface area contributed by atoms with E-state index in [2.05, 4.69) is 0 Å². The van der Waals surface area contributed by atoms with Crippen molar-refractivity contribution in [3.63, 3.8) is 0 Å². The Morgan fingerprint density at radius 2 is 0.577 bits per heavy atom. The van der Waals surface area contributed by atoms with E-state index in [4.69, 9.17) is 75.8 Å². The van der Waals surface area contributed by atoms with Gasteiger partial charge in [0.25, 0.3) is 0 Å². The highest BCUT2D eigenvalue weighted by Crippen LogP contribution is 2.61. The summed E-state index contributed by atoms with van der Waals surface area (Å²) in [7, 11) is 0. The Hall–Kier alpha value is -0.800. The number of rotatable bonds is 56. The summed E-state index contributed by atoms with van der Waals surface area (Å²) in [6.07, 6.45) is 14.0. The first-order chi connectivity index (χ1) is 38.4. The van der Waals surface area contributed by atoms with Gasteiger partial charge in [0.15, 0.2) is 0 Å². The Kier molecular flexibility index (Phi) is 32.3. The summed E-state index contributed by atoms with van der Waals surface area (Å²) in [4.78, 5) is 0. The maximum atomic E-state index is 11.2. The zero-order chi connectivity index (χ0) is 54.2. The van der Waals surface area contributed by atoms with Gasteiger partial charge in [0, 0.05) is 52.9 Å². The van der Waals surface area contributed by atoms with Gasteiger partial charge in [0.2, 0.25) is 0 Å². The van der Waals surface area contributed by atoms with Gasteiger partial charge in [0.1, 0.15) is 48.8 Å². The first-order valence-corrected chi connectivity index (χ1v) is 30.7. The third-order valence-corrected chi connectivity index (χ3v) is 15.8. The summed E-state index contributed by atoms with van der Waals surface area (Å²) in [5.41, 5.74) is 0. The van der Waals surface area contributed by atoms with Crippen LogP contribution in [0.3, 0.4) is 0 Å². The van der Waals surface area contributed by atoms with E-state index in [0.29, 0.717) is 83.7 Å². The molecule has 7 rings (SSSR count). The Morgan fingerprint density at radius 1 is 0.295 bits per heavy atom. The van der Waals surface area contributed by atoms with E-state index in [1.54, 1.807) is 0 Å². The van der Waals surface area contributed by atoms with Crippen molar-refractivity contribution in [3.05, 3.63) is 0 Å². The average Bonchev–Trinajstić information content (AvgIpc) is 4.31. The van der Waals surface area contributed by atoms with Gasteiger partial charge in [-0.25, -0.2) is 0 Å². The summed E-state index contributed by atoms with van der Waals surface area (Å²) in [6.45, 7) is 12.2. The molecule has 20 nitrogen and oxygen atoms in total. The number of fused-ring (bicyclic) bond motifs is 5. The second-order valence-corrected chi connectivity index (χ2v) is 23.0. The molecule has 3 aliphatic carbocycles. The smallest absolute Gasteiger partial charge is 0.104 e. The van der Waals surface area contributed by atoms with Gasteiger partial charge in [0.05, 0.1) is 130 Å². The number of ether oxygens (including phenoxy) is 16. The van der Waals surface area contributed by atoms with Crippen molar-refractivity contribution < 1.29 is 96.2 Å². The first-order valence-electron chi connectivity index (χ1n) is 30.7. The van der Waals surface area contributed by atoms with Crippen LogP contribution in [0, 0.1) is 23.7 Å². The average molecular weight is 1120 g/mol. The van der Waals surface area contributed by atoms with E-state index in [9.17, 15) is 20.4 Å². The third kappa shape index (κ3) is 27.3. The van der Waals surface area contributed by atoms with Crippen LogP contribution in [0.1, 0.15) is 116 Å². The molecule has 2 bridgehead atoms. The van der Waals surface area contributed by atoms with E-state index in [0.717, 1.165) is 162 Å². The Bertz CT molecular complexity index is 1470. The van der Waals surface area contributed by atoms with E-state index in [1.807, 2.05) is 0 Å². The van der Waals surface area contributed by atoms with Crippen molar-refractivity contribution in [2.75, 3.05) is 159 Å². The SMILES string of the molecule is OC(COCCCCCCOCC1CO1)COC1CC2C3CC(C(OCC(O)COCCCCCCOCC4CO4)C3OCC(O)COCCCCCCOCC3CO3)C2C1OCC(O)COCCCCCCOCC1CO1. The predicted molar refractivity (Wildman–Crippen MR) is 286 cm³/mol. The van der Waals surface area contributed by atoms with Crippen LogP contribution >= 0.6 is 0 Å². The molecule has 16 atom stereocenters. The molecule has 456 valence electrons. The van der Waals surface area contributed by atoms with Gasteiger partial charge in [-0.05, 0) is 87.9 Å². The van der Waals surface area contributed by atoms with Crippen LogP contribution in [-0.2, 0) is 75.8 Å². The molecule has 3 saturated carbocycles. The van der Waals surface area contributed by atoms with E-state index < -0.39 is 24.4 Å². The van der Waals surface area contributed by atoms with E-state index in [1.165, 1.54) is 0 Å². The quantitative estimate of drug-likeness (QED) is 0.0492. The molecule has 78 heavy (non-hydrogen) atoms. The molecule has 4 heterocycles. The molecule has 4 N–H and O–H groups in total. The zero-order valence-electron chi connectivity index (χ0n) is 47.3. The molecule has 7 aliphatic rings. The number of epoxide rings is 4. The van der Waals surface area contributed by atoms with Crippen molar-refractivity contribution >= 4 is 0 Å². The second kappa shape index (κ2) is 38.9. The Balaban J connectivity index is 0.862. The van der Waals surface area contributed by atoms with Crippen molar-refractivity contribution in [1.29, 1.82) is 0 Å². The molecule has 0 radical (unpaired) electrons. The maximum Gasteiger partial charge on any atom is 0.104 e. The lowest BCUT2D eigenvalue weighted by molar-refractivity contribution is -0.165. The minimum Gasteiger partial charge on any atom is -0.388 e. The second-order valence-electron chi connectivity index (χ2n) is 23.0. The minimum atomic E-state index is -0.833. The Morgan fingerprint density at radius 3 is 0.897 bits per heavy atom. The summed E-state index contributed by atoms with van der Waals surface area (Å²) >= 11 is 0. The first kappa shape index (κ1) is 64.8. The number of hydrogen-bond donors (Lipinski definition) is 4. The molecule has 0 spiro atoms. The molecule has 0 amide bonds. The largest absolute Gasteiger partial charge is 0.388 e. The fourth-order valence-corrected chi connectivity index (χ4v) is 11.3. The standard InChI is InChI=1S/C58H104O20/c59-43(27-63-17-9-1-5-13-21-67-35-47-39-71-47)31-75-54-26-51-52-25-53(55(51)58(54)78-34-46(62)30-66-20-12-4-8-16-24-70-38-50-42-74-50)57(77-33-45(61)29-65-19-11-3-7-15-23-69-37-49-41-73-49)56(52)76-32-44(60)28-64-18-10-2-6-14-22-68-36-48-40-72-48/h43-62H,1-42H2. The summed E-state index contributed by atoms with van der Waals surface area (Å²) in [6, 6.07) is 0. The summed E-state index contributed by atoms with van der Waals surface area (Å²) in [5, 5.41) is 44.4.